The van der Waals surface area contributed by atoms with Gasteiger partial charge in [-0.1, -0.05) is 12.1 Å². The van der Waals surface area contributed by atoms with Crippen LogP contribution in [0, 0.1) is 0 Å². The molecule has 0 saturated heterocycles. The molecule has 0 radical (unpaired) electrons. The average molecular weight is 234 g/mol. The van der Waals surface area contributed by atoms with Crippen molar-refractivity contribution in [2.45, 2.75) is 19.4 Å². The maximum atomic E-state index is 5.91. The molecule has 7 heteroatoms. The second-order valence-corrected chi connectivity index (χ2v) is 3.56. The number of fused-ring (bicyclic) bond motifs is 1. The van der Waals surface area contributed by atoms with E-state index in [1.54, 1.807) is 6.20 Å². The molecule has 7 nitrogen and oxygen atoms in total. The van der Waals surface area contributed by atoms with Crippen LogP contribution in [0.25, 0.3) is 11.2 Å². The lowest BCUT2D eigenvalue weighted by Crippen LogP contribution is -2.31. The van der Waals surface area contributed by atoms with E-state index in [4.69, 9.17) is 11.6 Å². The normalized spacial score (nSPS) is 13.9. The van der Waals surface area contributed by atoms with E-state index in [0.717, 1.165) is 5.52 Å². The first kappa shape index (κ1) is 11.5. The summed E-state index contributed by atoms with van der Waals surface area (Å²) in [5.41, 5.74) is 7.81. The van der Waals surface area contributed by atoms with Crippen molar-refractivity contribution < 1.29 is 4.94 Å². The third-order valence-electron chi connectivity index (χ3n) is 2.44. The van der Waals surface area contributed by atoms with E-state index < -0.39 is 0 Å². The van der Waals surface area contributed by atoms with Crippen LogP contribution in [0.5, 0.6) is 0 Å². The fraction of sp³-hybridized carbons (Fsp3) is 0.300. The highest BCUT2D eigenvalue weighted by Crippen LogP contribution is 2.10. The van der Waals surface area contributed by atoms with Crippen LogP contribution in [0.3, 0.4) is 0 Å². The predicted octanol–water partition coefficient (Wildman–Crippen LogP) is 0.290. The number of hydrogen-bond acceptors (Lipinski definition) is 6. The Labute approximate surface area is 97.8 Å². The van der Waals surface area contributed by atoms with Gasteiger partial charge >= 0.3 is 0 Å². The summed E-state index contributed by atoms with van der Waals surface area (Å²) in [4.78, 5) is 15.8. The smallest absolute Gasteiger partial charge is 0.178 e. The Morgan fingerprint density at radius 2 is 2.47 bits per heavy atom. The number of hydrogen-bond donors (Lipinski definition) is 3. The third-order valence-corrected chi connectivity index (χ3v) is 2.44. The summed E-state index contributed by atoms with van der Waals surface area (Å²) in [6.45, 7) is 1.94. The zero-order chi connectivity index (χ0) is 12.3. The Balaban J connectivity index is 2.45. The molecule has 2 heterocycles. The van der Waals surface area contributed by atoms with Gasteiger partial charge in [-0.2, -0.15) is 0 Å². The standard InChI is InChI=1S/C10H14N6O/c1-2-6(11)8(16-17-12)10-14-7-4-3-5-13-9(7)15-10/h3-6H,2,11-12H2,1H3,(H,13,14,15)/b16-8+. The van der Waals surface area contributed by atoms with Crippen LogP contribution in [-0.2, 0) is 4.94 Å². The lowest BCUT2D eigenvalue weighted by Gasteiger charge is -2.08. The van der Waals surface area contributed by atoms with E-state index in [1.807, 2.05) is 19.1 Å². The van der Waals surface area contributed by atoms with Crippen molar-refractivity contribution in [1.29, 1.82) is 0 Å². The molecule has 0 aliphatic heterocycles. The second-order valence-electron chi connectivity index (χ2n) is 3.56. The molecule has 2 rings (SSSR count). The zero-order valence-electron chi connectivity index (χ0n) is 9.42. The molecule has 0 saturated carbocycles. The molecule has 5 N–H and O–H groups in total. The van der Waals surface area contributed by atoms with Crippen molar-refractivity contribution in [3.05, 3.63) is 24.2 Å². The monoisotopic (exact) mass is 234 g/mol. The second kappa shape index (κ2) is 4.89. The number of nitrogens with two attached hydrogens (primary N) is 2. The van der Waals surface area contributed by atoms with Crippen LogP contribution < -0.4 is 11.6 Å². The lowest BCUT2D eigenvalue weighted by molar-refractivity contribution is 0.148. The van der Waals surface area contributed by atoms with Crippen molar-refractivity contribution in [2.75, 3.05) is 0 Å². The van der Waals surface area contributed by atoms with Crippen LogP contribution in [0.1, 0.15) is 19.2 Å². The van der Waals surface area contributed by atoms with E-state index in [2.05, 4.69) is 25.0 Å². The number of H-pyrrole nitrogens is 1. The highest BCUT2D eigenvalue weighted by Gasteiger charge is 2.17. The first-order valence-electron chi connectivity index (χ1n) is 5.26. The first-order valence-corrected chi connectivity index (χ1v) is 5.26. The van der Waals surface area contributed by atoms with E-state index >= 15 is 0 Å². The first-order chi connectivity index (χ1) is 8.26. The largest absolute Gasteiger partial charge is 0.335 e. The van der Waals surface area contributed by atoms with Crippen LogP contribution in [-0.4, -0.2) is 26.7 Å². The molecule has 1 unspecified atom stereocenters. The third kappa shape index (κ3) is 2.24. The van der Waals surface area contributed by atoms with Crippen molar-refractivity contribution >= 4 is 16.9 Å². The van der Waals surface area contributed by atoms with Gasteiger partial charge in [-0.25, -0.2) is 9.97 Å². The summed E-state index contributed by atoms with van der Waals surface area (Å²) in [6.07, 6.45) is 2.37. The van der Waals surface area contributed by atoms with E-state index in [1.165, 1.54) is 0 Å². The minimum absolute atomic E-state index is 0.292. The van der Waals surface area contributed by atoms with Gasteiger partial charge in [-0.3, -0.25) is 0 Å². The highest BCUT2D eigenvalue weighted by atomic mass is 16.7. The Morgan fingerprint density at radius 3 is 3.12 bits per heavy atom. The summed E-state index contributed by atoms with van der Waals surface area (Å²) in [5.74, 6) is 5.48. The molecule has 17 heavy (non-hydrogen) atoms. The molecule has 2 aromatic heterocycles. The molecule has 1 atom stereocenters. The molecule has 90 valence electrons. The van der Waals surface area contributed by atoms with Gasteiger partial charge in [0.15, 0.2) is 11.5 Å². The minimum Gasteiger partial charge on any atom is -0.335 e. The zero-order valence-corrected chi connectivity index (χ0v) is 9.42. The van der Waals surface area contributed by atoms with Crippen LogP contribution in [0.15, 0.2) is 23.5 Å². The average Bonchev–Trinajstić information content (AvgIpc) is 2.78. The summed E-state index contributed by atoms with van der Waals surface area (Å²) in [6, 6.07) is 3.40. The van der Waals surface area contributed by atoms with Crippen molar-refractivity contribution in [3.63, 3.8) is 0 Å². The molecule has 0 fully saturated rings. The van der Waals surface area contributed by atoms with Gasteiger partial charge in [0.05, 0.1) is 11.6 Å². The Kier molecular flexibility index (Phi) is 3.31. The van der Waals surface area contributed by atoms with Gasteiger partial charge in [0.1, 0.15) is 5.71 Å². The number of oxime groups is 1. The van der Waals surface area contributed by atoms with E-state index in [-0.39, 0.29) is 6.04 Å². The van der Waals surface area contributed by atoms with Crippen molar-refractivity contribution in [2.24, 2.45) is 16.8 Å². The number of pyridine rings is 1. The molecular weight excluding hydrogens is 220 g/mol. The van der Waals surface area contributed by atoms with Crippen LogP contribution >= 0.6 is 0 Å². The van der Waals surface area contributed by atoms with Crippen LogP contribution in [0.2, 0.25) is 0 Å². The molecule has 0 aliphatic carbocycles. The minimum atomic E-state index is -0.292. The molecule has 0 spiro atoms. The number of aromatic amines is 1. The molecular formula is C10H14N6O. The summed E-state index contributed by atoms with van der Waals surface area (Å²) in [5, 5.41) is 3.71. The number of imidazole rings is 1. The molecule has 0 aliphatic rings. The van der Waals surface area contributed by atoms with Gasteiger partial charge in [0, 0.05) is 6.20 Å². The van der Waals surface area contributed by atoms with Gasteiger partial charge in [0.25, 0.3) is 0 Å². The fourth-order valence-electron chi connectivity index (χ4n) is 1.50. The highest BCUT2D eigenvalue weighted by molar-refractivity contribution is 6.02. The molecule has 0 bridgehead atoms. The van der Waals surface area contributed by atoms with Gasteiger partial charge < -0.3 is 15.7 Å². The fourth-order valence-corrected chi connectivity index (χ4v) is 1.50. The van der Waals surface area contributed by atoms with Crippen molar-refractivity contribution in [1.82, 2.24) is 15.0 Å². The number of aromatic nitrogens is 3. The topological polar surface area (TPSA) is 115 Å². The maximum Gasteiger partial charge on any atom is 0.178 e. The number of rotatable bonds is 4. The van der Waals surface area contributed by atoms with Crippen molar-refractivity contribution in [3.8, 4) is 0 Å². The SMILES string of the molecule is CCC(N)/C(=N\ON)c1nc2ncccc2[nH]1. The summed E-state index contributed by atoms with van der Waals surface area (Å²) in [7, 11) is 0. The number of nitrogens with one attached hydrogen (secondary N) is 1. The lowest BCUT2D eigenvalue weighted by atomic mass is 10.1. The molecule has 0 amide bonds. The molecule has 2 aromatic rings. The van der Waals surface area contributed by atoms with E-state index in [0.29, 0.717) is 23.6 Å². The Morgan fingerprint density at radius 1 is 1.65 bits per heavy atom. The van der Waals surface area contributed by atoms with Crippen LogP contribution in [0.4, 0.5) is 0 Å². The van der Waals surface area contributed by atoms with Gasteiger partial charge in [-0.05, 0) is 18.6 Å². The Hall–Kier alpha value is -1.99. The Bertz CT molecular complexity index is 501. The predicted molar refractivity (Wildman–Crippen MR) is 64.0 cm³/mol. The van der Waals surface area contributed by atoms with Gasteiger partial charge in [0.2, 0.25) is 0 Å². The molecule has 0 aromatic carbocycles. The maximum absolute atomic E-state index is 5.91. The number of nitrogens with zero attached hydrogens (tertiary/aromatic N) is 3. The van der Waals surface area contributed by atoms with Gasteiger partial charge in [-0.15, -0.1) is 5.90 Å². The summed E-state index contributed by atoms with van der Waals surface area (Å²) >= 11 is 0. The quantitative estimate of drug-likeness (QED) is 0.519. The summed E-state index contributed by atoms with van der Waals surface area (Å²) < 4.78 is 0. The van der Waals surface area contributed by atoms with E-state index in [9.17, 15) is 0 Å².